The lowest BCUT2D eigenvalue weighted by atomic mass is 10.2. The van der Waals surface area contributed by atoms with Gasteiger partial charge in [0.1, 0.15) is 0 Å². The van der Waals surface area contributed by atoms with Gasteiger partial charge in [0, 0.05) is 25.9 Å². The number of carboxylic acid groups (broad SMARTS) is 1. The predicted octanol–water partition coefficient (Wildman–Crippen LogP) is 2.28. The maximum Gasteiger partial charge on any atom is 0.328 e. The molecule has 0 aliphatic rings. The monoisotopic (exact) mass is 292 g/mol. The van der Waals surface area contributed by atoms with Gasteiger partial charge in [-0.2, -0.15) is 0 Å². The van der Waals surface area contributed by atoms with Crippen LogP contribution in [-0.4, -0.2) is 48.8 Å². The zero-order valence-corrected chi connectivity index (χ0v) is 12.4. The first-order chi connectivity index (χ1) is 9.93. The first-order valence-corrected chi connectivity index (χ1v) is 6.48. The number of hydrogen-bond donors (Lipinski definition) is 2. The number of aliphatic carboxylic acids is 1. The Morgan fingerprint density at radius 2 is 2.19 bits per heavy atom. The molecule has 1 rings (SSSR count). The van der Waals surface area contributed by atoms with Crippen molar-refractivity contribution in [1.29, 1.82) is 0 Å². The van der Waals surface area contributed by atoms with Crippen molar-refractivity contribution in [3.63, 3.8) is 0 Å². The number of carbonyl (C=O) groups is 2. The quantitative estimate of drug-likeness (QED) is 0.788. The number of rotatable bonds is 6. The van der Waals surface area contributed by atoms with Crippen LogP contribution in [0.5, 0.6) is 0 Å². The number of hydrogen-bond acceptors (Lipinski definition) is 3. The number of likely N-dealkylation sites (N-methyl/N-ethyl adjacent to an activating group) is 1. The van der Waals surface area contributed by atoms with Crippen LogP contribution in [0.2, 0.25) is 0 Å². The minimum Gasteiger partial charge on any atom is -0.478 e. The summed E-state index contributed by atoms with van der Waals surface area (Å²) in [5.74, 6) is -1.02. The van der Waals surface area contributed by atoms with E-state index in [9.17, 15) is 9.59 Å². The summed E-state index contributed by atoms with van der Waals surface area (Å²) in [5.41, 5.74) is 1.30. The number of carbonyl (C=O) groups excluding carboxylic acids is 1. The SMILES string of the molecule is COCC(C)N(C)C(=O)Nc1cccc(/C=C/C(=O)O)c1. The van der Waals surface area contributed by atoms with Crippen LogP contribution in [0, 0.1) is 0 Å². The number of methoxy groups -OCH3 is 1. The Morgan fingerprint density at radius 1 is 1.48 bits per heavy atom. The summed E-state index contributed by atoms with van der Waals surface area (Å²) in [6.07, 6.45) is 2.52. The topological polar surface area (TPSA) is 78.9 Å². The van der Waals surface area contributed by atoms with Crippen molar-refractivity contribution in [1.82, 2.24) is 4.90 Å². The van der Waals surface area contributed by atoms with Gasteiger partial charge in [0.05, 0.1) is 12.6 Å². The van der Waals surface area contributed by atoms with Gasteiger partial charge in [-0.15, -0.1) is 0 Å². The molecule has 0 aromatic heterocycles. The molecule has 2 amide bonds. The van der Waals surface area contributed by atoms with Crippen molar-refractivity contribution in [2.45, 2.75) is 13.0 Å². The fraction of sp³-hybridized carbons (Fsp3) is 0.333. The standard InChI is InChI=1S/C15H20N2O4/c1-11(10-21-3)17(2)15(20)16-13-6-4-5-12(9-13)7-8-14(18)19/h4-9,11H,10H2,1-3H3,(H,16,20)(H,18,19)/b8-7+. The Bertz CT molecular complexity index is 528. The van der Waals surface area contributed by atoms with Crippen LogP contribution in [0.3, 0.4) is 0 Å². The summed E-state index contributed by atoms with van der Waals surface area (Å²) < 4.78 is 5.01. The minimum atomic E-state index is -1.02. The lowest BCUT2D eigenvalue weighted by molar-refractivity contribution is -0.131. The van der Waals surface area contributed by atoms with Gasteiger partial charge < -0.3 is 20.1 Å². The van der Waals surface area contributed by atoms with Gasteiger partial charge >= 0.3 is 12.0 Å². The second kappa shape index (κ2) is 8.06. The third-order valence-corrected chi connectivity index (χ3v) is 2.95. The van der Waals surface area contributed by atoms with Crippen molar-refractivity contribution < 1.29 is 19.4 Å². The van der Waals surface area contributed by atoms with E-state index in [0.717, 1.165) is 6.08 Å². The zero-order chi connectivity index (χ0) is 15.8. The van der Waals surface area contributed by atoms with Crippen LogP contribution in [0.1, 0.15) is 12.5 Å². The maximum atomic E-state index is 12.1. The zero-order valence-electron chi connectivity index (χ0n) is 12.4. The number of urea groups is 1. The molecule has 0 heterocycles. The number of benzene rings is 1. The van der Waals surface area contributed by atoms with E-state index in [4.69, 9.17) is 9.84 Å². The van der Waals surface area contributed by atoms with Crippen LogP contribution >= 0.6 is 0 Å². The van der Waals surface area contributed by atoms with Gasteiger partial charge in [0.2, 0.25) is 0 Å². The molecule has 2 N–H and O–H groups in total. The van der Waals surface area contributed by atoms with E-state index >= 15 is 0 Å². The summed E-state index contributed by atoms with van der Waals surface area (Å²) in [5, 5.41) is 11.4. The van der Waals surface area contributed by atoms with Gasteiger partial charge in [-0.3, -0.25) is 0 Å². The van der Waals surface area contributed by atoms with E-state index in [-0.39, 0.29) is 12.1 Å². The average molecular weight is 292 g/mol. The van der Waals surface area contributed by atoms with Gasteiger partial charge in [-0.25, -0.2) is 9.59 Å². The van der Waals surface area contributed by atoms with E-state index in [2.05, 4.69) is 5.32 Å². The van der Waals surface area contributed by atoms with Gasteiger partial charge in [-0.1, -0.05) is 12.1 Å². The van der Waals surface area contributed by atoms with Crippen molar-refractivity contribution >= 4 is 23.8 Å². The smallest absolute Gasteiger partial charge is 0.328 e. The Labute approximate surface area is 124 Å². The minimum absolute atomic E-state index is 0.0508. The second-order valence-corrected chi connectivity index (χ2v) is 4.64. The van der Waals surface area contributed by atoms with Crippen molar-refractivity contribution in [2.75, 3.05) is 26.1 Å². The Morgan fingerprint density at radius 3 is 2.81 bits per heavy atom. The highest BCUT2D eigenvalue weighted by molar-refractivity contribution is 5.90. The summed E-state index contributed by atoms with van der Waals surface area (Å²) in [4.78, 5) is 24.1. The average Bonchev–Trinajstić information content (AvgIpc) is 2.45. The van der Waals surface area contributed by atoms with Crippen molar-refractivity contribution in [3.05, 3.63) is 35.9 Å². The molecular weight excluding hydrogens is 272 g/mol. The van der Waals surface area contributed by atoms with E-state index in [1.807, 2.05) is 6.92 Å². The molecular formula is C15H20N2O4. The van der Waals surface area contributed by atoms with Crippen molar-refractivity contribution in [3.8, 4) is 0 Å². The molecule has 0 radical (unpaired) electrons. The maximum absolute atomic E-state index is 12.1. The summed E-state index contributed by atoms with van der Waals surface area (Å²) in [7, 11) is 3.27. The summed E-state index contributed by atoms with van der Waals surface area (Å²) in [6, 6.07) is 6.64. The summed E-state index contributed by atoms with van der Waals surface area (Å²) in [6.45, 7) is 2.33. The van der Waals surface area contributed by atoms with E-state index in [1.54, 1.807) is 43.3 Å². The van der Waals surface area contributed by atoms with E-state index in [0.29, 0.717) is 17.9 Å². The molecule has 1 aromatic rings. The molecule has 0 fully saturated rings. The molecule has 0 saturated heterocycles. The number of anilines is 1. The second-order valence-electron chi connectivity index (χ2n) is 4.64. The Hall–Kier alpha value is -2.34. The molecule has 0 saturated carbocycles. The normalized spacial score (nSPS) is 12.1. The largest absolute Gasteiger partial charge is 0.478 e. The lowest BCUT2D eigenvalue weighted by Gasteiger charge is -2.24. The third-order valence-electron chi connectivity index (χ3n) is 2.95. The first-order valence-electron chi connectivity index (χ1n) is 6.48. The molecule has 0 bridgehead atoms. The number of nitrogens with zero attached hydrogens (tertiary/aromatic N) is 1. The van der Waals surface area contributed by atoms with E-state index < -0.39 is 5.97 Å². The number of amides is 2. The van der Waals surface area contributed by atoms with Crippen LogP contribution < -0.4 is 5.32 Å². The molecule has 0 aliphatic heterocycles. The van der Waals surface area contributed by atoms with Crippen LogP contribution in [-0.2, 0) is 9.53 Å². The molecule has 0 aliphatic carbocycles. The first kappa shape index (κ1) is 16.7. The van der Waals surface area contributed by atoms with Crippen LogP contribution in [0.4, 0.5) is 10.5 Å². The van der Waals surface area contributed by atoms with Gasteiger partial charge in [0.25, 0.3) is 0 Å². The molecule has 0 spiro atoms. The Balaban J connectivity index is 2.72. The number of nitrogens with one attached hydrogen (secondary N) is 1. The molecule has 1 atom stereocenters. The molecule has 6 nitrogen and oxygen atoms in total. The molecule has 6 heteroatoms. The molecule has 114 valence electrons. The molecule has 1 unspecified atom stereocenters. The third kappa shape index (κ3) is 5.66. The van der Waals surface area contributed by atoms with Gasteiger partial charge in [-0.05, 0) is 30.7 Å². The Kier molecular flexibility index (Phi) is 6.42. The highest BCUT2D eigenvalue weighted by Crippen LogP contribution is 2.13. The molecule has 1 aromatic carbocycles. The summed E-state index contributed by atoms with van der Waals surface area (Å²) >= 11 is 0. The lowest BCUT2D eigenvalue weighted by Crippen LogP contribution is -2.40. The number of carboxylic acids is 1. The van der Waals surface area contributed by atoms with Crippen LogP contribution in [0.25, 0.3) is 6.08 Å². The number of ether oxygens (including phenoxy) is 1. The predicted molar refractivity (Wildman–Crippen MR) is 81.2 cm³/mol. The van der Waals surface area contributed by atoms with Crippen molar-refractivity contribution in [2.24, 2.45) is 0 Å². The highest BCUT2D eigenvalue weighted by Gasteiger charge is 2.15. The van der Waals surface area contributed by atoms with E-state index in [1.165, 1.54) is 6.08 Å². The highest BCUT2D eigenvalue weighted by atomic mass is 16.5. The molecule has 21 heavy (non-hydrogen) atoms. The fourth-order valence-electron chi connectivity index (χ4n) is 1.65. The fourth-order valence-corrected chi connectivity index (χ4v) is 1.65. The van der Waals surface area contributed by atoms with Gasteiger partial charge in [0.15, 0.2) is 0 Å². The van der Waals surface area contributed by atoms with Crippen LogP contribution in [0.15, 0.2) is 30.3 Å².